The molecule has 0 amide bonds. The van der Waals surface area contributed by atoms with E-state index < -0.39 is 0 Å². The molecule has 2 aromatic rings. The van der Waals surface area contributed by atoms with Crippen LogP contribution in [-0.4, -0.2) is 11.0 Å². The summed E-state index contributed by atoms with van der Waals surface area (Å²) < 4.78 is 0. The van der Waals surface area contributed by atoms with Gasteiger partial charge in [0.1, 0.15) is 0 Å². The molecule has 1 aromatic carbocycles. The van der Waals surface area contributed by atoms with Crippen molar-refractivity contribution in [1.82, 2.24) is 4.98 Å². The normalized spacial score (nSPS) is 14.1. The van der Waals surface area contributed by atoms with E-state index in [4.69, 9.17) is 17.3 Å². The van der Waals surface area contributed by atoms with Crippen LogP contribution in [0.2, 0.25) is 5.02 Å². The second-order valence-electron chi connectivity index (χ2n) is 4.35. The van der Waals surface area contributed by atoms with E-state index in [-0.39, 0.29) is 11.3 Å². The van der Waals surface area contributed by atoms with Crippen molar-refractivity contribution >= 4 is 23.4 Å². The molecule has 100 valence electrons. The first kappa shape index (κ1) is 14.4. The lowest BCUT2D eigenvalue weighted by Crippen LogP contribution is -2.25. The maximum Gasteiger partial charge on any atom is 0.0495 e. The Morgan fingerprint density at radius 2 is 2.00 bits per heavy atom. The number of pyridine rings is 1. The zero-order chi connectivity index (χ0) is 13.7. The zero-order valence-electron chi connectivity index (χ0n) is 10.8. The van der Waals surface area contributed by atoms with Gasteiger partial charge in [-0.3, -0.25) is 4.98 Å². The Morgan fingerprint density at radius 1 is 1.26 bits per heavy atom. The van der Waals surface area contributed by atoms with E-state index in [9.17, 15) is 0 Å². The number of aromatic nitrogens is 1. The van der Waals surface area contributed by atoms with Crippen LogP contribution in [0.1, 0.15) is 24.2 Å². The highest BCUT2D eigenvalue weighted by atomic mass is 35.5. The largest absolute Gasteiger partial charge is 0.326 e. The summed E-state index contributed by atoms with van der Waals surface area (Å²) in [6.45, 7) is 2.11. The fraction of sp³-hybridized carbons (Fsp3) is 0.267. The van der Waals surface area contributed by atoms with Crippen molar-refractivity contribution < 1.29 is 0 Å². The predicted molar refractivity (Wildman–Crippen MR) is 82.6 cm³/mol. The van der Waals surface area contributed by atoms with Crippen molar-refractivity contribution in [1.29, 1.82) is 0 Å². The molecule has 0 spiro atoms. The van der Waals surface area contributed by atoms with Gasteiger partial charge in [0.05, 0.1) is 0 Å². The van der Waals surface area contributed by atoms with Gasteiger partial charge >= 0.3 is 0 Å². The molecule has 2 nitrogen and oxygen atoms in total. The summed E-state index contributed by atoms with van der Waals surface area (Å²) in [4.78, 5) is 5.21. The van der Waals surface area contributed by atoms with Crippen molar-refractivity contribution in [2.24, 2.45) is 5.73 Å². The van der Waals surface area contributed by atoms with Gasteiger partial charge in [-0.1, -0.05) is 30.7 Å². The third-order valence-electron chi connectivity index (χ3n) is 2.95. The highest BCUT2D eigenvalue weighted by molar-refractivity contribution is 7.99. The molecule has 19 heavy (non-hydrogen) atoms. The van der Waals surface area contributed by atoms with Crippen LogP contribution in [0.25, 0.3) is 0 Å². The third kappa shape index (κ3) is 3.96. The van der Waals surface area contributed by atoms with Gasteiger partial charge < -0.3 is 5.73 Å². The van der Waals surface area contributed by atoms with Gasteiger partial charge in [0, 0.05) is 33.6 Å². The molecule has 0 saturated carbocycles. The summed E-state index contributed by atoms with van der Waals surface area (Å²) in [5, 5.41) is 0.951. The highest BCUT2D eigenvalue weighted by Gasteiger charge is 2.20. The van der Waals surface area contributed by atoms with Gasteiger partial charge in [0.15, 0.2) is 0 Å². The summed E-state index contributed by atoms with van der Waals surface area (Å²) in [5.74, 6) is 0. The van der Waals surface area contributed by atoms with Gasteiger partial charge in [0.25, 0.3) is 0 Å². The van der Waals surface area contributed by atoms with Crippen molar-refractivity contribution in [3.8, 4) is 0 Å². The first-order chi connectivity index (χ1) is 9.20. The number of halogens is 1. The smallest absolute Gasteiger partial charge is 0.0495 e. The van der Waals surface area contributed by atoms with Gasteiger partial charge in [0.2, 0.25) is 0 Å². The lowest BCUT2D eigenvalue weighted by molar-refractivity contribution is 0.634. The Labute approximate surface area is 123 Å². The molecule has 1 aromatic heterocycles. The van der Waals surface area contributed by atoms with Gasteiger partial charge in [-0.05, 0) is 36.2 Å². The minimum atomic E-state index is 0.0941. The minimum Gasteiger partial charge on any atom is -0.326 e. The molecule has 0 saturated heterocycles. The Morgan fingerprint density at radius 3 is 2.63 bits per heavy atom. The van der Waals surface area contributed by atoms with E-state index in [1.807, 2.05) is 30.3 Å². The number of benzene rings is 1. The molecule has 0 aliphatic heterocycles. The standard InChI is InChI=1S/C15H17ClN2S/c1-2-14(17)15(11-4-3-5-12(16)10-11)19-13-6-8-18-9-7-13/h3-10,14-15H,2,17H2,1H3. The summed E-state index contributed by atoms with van der Waals surface area (Å²) in [5.41, 5.74) is 7.44. The zero-order valence-corrected chi connectivity index (χ0v) is 12.4. The molecule has 2 N–H and O–H groups in total. The van der Waals surface area contributed by atoms with E-state index in [2.05, 4.69) is 18.0 Å². The second kappa shape index (κ2) is 6.94. The molecule has 2 rings (SSSR count). The van der Waals surface area contributed by atoms with E-state index >= 15 is 0 Å². The van der Waals surface area contributed by atoms with Gasteiger partial charge in [-0.2, -0.15) is 0 Å². The number of rotatable bonds is 5. The predicted octanol–water partition coefficient (Wildman–Crippen LogP) is 4.31. The Balaban J connectivity index is 2.26. The first-order valence-electron chi connectivity index (χ1n) is 6.28. The first-order valence-corrected chi connectivity index (χ1v) is 7.54. The lowest BCUT2D eigenvalue weighted by atomic mass is 10.0. The molecule has 2 atom stereocenters. The van der Waals surface area contributed by atoms with Crippen LogP contribution >= 0.6 is 23.4 Å². The summed E-state index contributed by atoms with van der Waals surface area (Å²) in [7, 11) is 0. The number of hydrogen-bond donors (Lipinski definition) is 1. The highest BCUT2D eigenvalue weighted by Crippen LogP contribution is 2.38. The van der Waals surface area contributed by atoms with Gasteiger partial charge in [-0.25, -0.2) is 0 Å². The molecule has 0 radical (unpaired) electrons. The minimum absolute atomic E-state index is 0.0941. The van der Waals surface area contributed by atoms with Crippen molar-refractivity contribution in [3.05, 3.63) is 59.4 Å². The van der Waals surface area contributed by atoms with Crippen LogP contribution in [0.5, 0.6) is 0 Å². The van der Waals surface area contributed by atoms with E-state index in [0.717, 1.165) is 11.4 Å². The van der Waals surface area contributed by atoms with Crippen molar-refractivity contribution in [2.45, 2.75) is 29.5 Å². The molecule has 0 aliphatic rings. The maximum atomic E-state index is 6.27. The summed E-state index contributed by atoms with van der Waals surface area (Å²) >= 11 is 7.84. The van der Waals surface area contributed by atoms with Gasteiger partial charge in [-0.15, -0.1) is 11.8 Å². The number of hydrogen-bond acceptors (Lipinski definition) is 3. The number of nitrogens with zero attached hydrogens (tertiary/aromatic N) is 1. The van der Waals surface area contributed by atoms with Crippen LogP contribution in [0, 0.1) is 0 Å². The molecule has 0 fully saturated rings. The molecular weight excluding hydrogens is 276 g/mol. The van der Waals surface area contributed by atoms with Crippen molar-refractivity contribution in [2.75, 3.05) is 0 Å². The van der Waals surface area contributed by atoms with Crippen LogP contribution < -0.4 is 5.73 Å². The van der Waals surface area contributed by atoms with E-state index in [1.54, 1.807) is 24.2 Å². The fourth-order valence-electron chi connectivity index (χ4n) is 1.86. The quantitative estimate of drug-likeness (QED) is 0.835. The Hall–Kier alpha value is -1.03. The molecule has 0 bridgehead atoms. The maximum absolute atomic E-state index is 6.27. The fourth-order valence-corrected chi connectivity index (χ4v) is 3.28. The lowest BCUT2D eigenvalue weighted by Gasteiger charge is -2.23. The summed E-state index contributed by atoms with van der Waals surface area (Å²) in [6.07, 6.45) is 4.53. The van der Waals surface area contributed by atoms with Crippen LogP contribution in [0.4, 0.5) is 0 Å². The molecule has 1 heterocycles. The Kier molecular flexibility index (Phi) is 5.25. The number of nitrogens with two attached hydrogens (primary N) is 1. The summed E-state index contributed by atoms with van der Waals surface area (Å²) in [6, 6.07) is 12.0. The average molecular weight is 293 g/mol. The number of thioether (sulfide) groups is 1. The molecular formula is C15H17ClN2S. The van der Waals surface area contributed by atoms with E-state index in [1.165, 1.54) is 10.5 Å². The van der Waals surface area contributed by atoms with E-state index in [0.29, 0.717) is 0 Å². The van der Waals surface area contributed by atoms with Crippen LogP contribution in [0.3, 0.4) is 0 Å². The second-order valence-corrected chi connectivity index (χ2v) is 6.00. The Bertz CT molecular complexity index is 519. The average Bonchev–Trinajstić information content (AvgIpc) is 2.45. The van der Waals surface area contributed by atoms with Crippen LogP contribution in [0.15, 0.2) is 53.7 Å². The molecule has 4 heteroatoms. The SMILES string of the molecule is CCC(N)C(Sc1ccncc1)c1cccc(Cl)c1. The van der Waals surface area contributed by atoms with Crippen molar-refractivity contribution in [3.63, 3.8) is 0 Å². The third-order valence-corrected chi connectivity index (χ3v) is 4.61. The monoisotopic (exact) mass is 292 g/mol. The molecule has 2 unspecified atom stereocenters. The van der Waals surface area contributed by atoms with Crippen LogP contribution in [-0.2, 0) is 0 Å². The molecule has 0 aliphatic carbocycles. The topological polar surface area (TPSA) is 38.9 Å².